The van der Waals surface area contributed by atoms with Crippen LogP contribution in [0.25, 0.3) is 0 Å². The first kappa shape index (κ1) is 13.8. The van der Waals surface area contributed by atoms with Crippen LogP contribution in [0.15, 0.2) is 0 Å². The van der Waals surface area contributed by atoms with Crippen molar-refractivity contribution in [1.82, 2.24) is 15.1 Å². The van der Waals surface area contributed by atoms with Crippen LogP contribution in [-0.4, -0.2) is 72.4 Å². The van der Waals surface area contributed by atoms with E-state index < -0.39 is 0 Å². The van der Waals surface area contributed by atoms with E-state index in [4.69, 9.17) is 0 Å². The zero-order chi connectivity index (χ0) is 13.3. The zero-order valence-electron chi connectivity index (χ0n) is 12.3. The van der Waals surface area contributed by atoms with E-state index in [1.165, 1.54) is 51.9 Å². The van der Waals surface area contributed by atoms with Crippen LogP contribution in [0.5, 0.6) is 0 Å². The van der Waals surface area contributed by atoms with E-state index >= 15 is 0 Å². The zero-order valence-corrected chi connectivity index (χ0v) is 12.3. The van der Waals surface area contributed by atoms with Gasteiger partial charge >= 0.3 is 0 Å². The van der Waals surface area contributed by atoms with E-state index in [-0.39, 0.29) is 12.1 Å². The third-order valence-corrected chi connectivity index (χ3v) is 5.77. The van der Waals surface area contributed by atoms with Gasteiger partial charge in [0.2, 0.25) is 0 Å². The Balaban J connectivity index is 1.63. The molecule has 3 rings (SSSR count). The van der Waals surface area contributed by atoms with Crippen molar-refractivity contribution < 1.29 is 5.11 Å². The highest BCUT2D eigenvalue weighted by Gasteiger charge is 2.41. The predicted octanol–water partition coefficient (Wildman–Crippen LogP) is 0.659. The standard InChI is InChI=1S/C15H29N3O/c1-16-15(12-19)6-5-13(10-15)18-9-3-8-17-7-2-4-14(17)11-18/h13-14,16,19H,2-12H2,1H3. The van der Waals surface area contributed by atoms with Gasteiger partial charge in [-0.2, -0.15) is 0 Å². The number of aliphatic hydroxyl groups is 1. The van der Waals surface area contributed by atoms with Crippen LogP contribution in [0, 0.1) is 0 Å². The second kappa shape index (κ2) is 5.68. The van der Waals surface area contributed by atoms with Crippen molar-refractivity contribution in [2.75, 3.05) is 39.8 Å². The SMILES string of the molecule is CNC1(CO)CCC(N2CCCN3CCCC3C2)C1. The highest BCUT2D eigenvalue weighted by Crippen LogP contribution is 2.34. The van der Waals surface area contributed by atoms with Gasteiger partial charge in [0.25, 0.3) is 0 Å². The molecule has 110 valence electrons. The van der Waals surface area contributed by atoms with Crippen LogP contribution in [0.1, 0.15) is 38.5 Å². The number of aliphatic hydroxyl groups excluding tert-OH is 1. The lowest BCUT2D eigenvalue weighted by atomic mass is 9.98. The molecule has 2 aliphatic heterocycles. The fraction of sp³-hybridized carbons (Fsp3) is 1.00. The van der Waals surface area contributed by atoms with E-state index in [9.17, 15) is 5.11 Å². The van der Waals surface area contributed by atoms with E-state index in [1.54, 1.807) is 0 Å². The number of likely N-dealkylation sites (N-methyl/N-ethyl adjacent to an activating group) is 1. The monoisotopic (exact) mass is 267 g/mol. The molecule has 2 saturated heterocycles. The topological polar surface area (TPSA) is 38.7 Å². The normalized spacial score (nSPS) is 41.4. The third kappa shape index (κ3) is 2.68. The van der Waals surface area contributed by atoms with Crippen LogP contribution >= 0.6 is 0 Å². The Hall–Kier alpha value is -0.160. The molecule has 0 radical (unpaired) electrons. The molecule has 4 nitrogen and oxygen atoms in total. The van der Waals surface area contributed by atoms with E-state index in [2.05, 4.69) is 15.1 Å². The molecule has 2 heterocycles. The number of rotatable bonds is 3. The van der Waals surface area contributed by atoms with E-state index in [1.807, 2.05) is 7.05 Å². The van der Waals surface area contributed by atoms with Gasteiger partial charge in [-0.3, -0.25) is 9.80 Å². The maximum absolute atomic E-state index is 9.65. The van der Waals surface area contributed by atoms with Gasteiger partial charge in [0.1, 0.15) is 0 Å². The van der Waals surface area contributed by atoms with Crippen molar-refractivity contribution in [3.8, 4) is 0 Å². The summed E-state index contributed by atoms with van der Waals surface area (Å²) in [5.41, 5.74) is -0.00761. The molecule has 4 heteroatoms. The molecule has 3 aliphatic rings. The van der Waals surface area contributed by atoms with Crippen LogP contribution in [0.3, 0.4) is 0 Å². The number of nitrogens with one attached hydrogen (secondary N) is 1. The summed E-state index contributed by atoms with van der Waals surface area (Å²) in [5.74, 6) is 0. The summed E-state index contributed by atoms with van der Waals surface area (Å²) in [5, 5.41) is 13.0. The maximum Gasteiger partial charge on any atom is 0.0613 e. The lowest BCUT2D eigenvalue weighted by molar-refractivity contribution is 0.141. The Morgan fingerprint density at radius 2 is 1.89 bits per heavy atom. The maximum atomic E-state index is 9.65. The first-order valence-electron chi connectivity index (χ1n) is 8.04. The van der Waals surface area contributed by atoms with E-state index in [0.717, 1.165) is 18.9 Å². The molecule has 1 aliphatic carbocycles. The third-order valence-electron chi connectivity index (χ3n) is 5.77. The highest BCUT2D eigenvalue weighted by molar-refractivity contribution is 5.00. The largest absolute Gasteiger partial charge is 0.394 e. The van der Waals surface area contributed by atoms with Crippen LogP contribution in [-0.2, 0) is 0 Å². The fourth-order valence-corrected chi connectivity index (χ4v) is 4.43. The molecule has 2 N–H and O–H groups in total. The second-order valence-electron chi connectivity index (χ2n) is 6.77. The van der Waals surface area contributed by atoms with Gasteiger partial charge in [-0.05, 0) is 65.2 Å². The van der Waals surface area contributed by atoms with Crippen molar-refractivity contribution in [2.24, 2.45) is 0 Å². The number of hydrogen-bond donors (Lipinski definition) is 2. The molecule has 0 aromatic heterocycles. The summed E-state index contributed by atoms with van der Waals surface area (Å²) in [6, 6.07) is 1.49. The van der Waals surface area contributed by atoms with Crippen molar-refractivity contribution >= 4 is 0 Å². The number of nitrogens with zero attached hydrogens (tertiary/aromatic N) is 2. The lowest BCUT2D eigenvalue weighted by Gasteiger charge is -2.32. The predicted molar refractivity (Wildman–Crippen MR) is 77.3 cm³/mol. The Morgan fingerprint density at radius 3 is 2.63 bits per heavy atom. The highest BCUT2D eigenvalue weighted by atomic mass is 16.3. The first-order chi connectivity index (χ1) is 9.26. The van der Waals surface area contributed by atoms with Crippen molar-refractivity contribution in [2.45, 2.75) is 56.1 Å². The summed E-state index contributed by atoms with van der Waals surface area (Å²) in [6.07, 6.45) is 7.58. The van der Waals surface area contributed by atoms with Crippen LogP contribution in [0.4, 0.5) is 0 Å². The average Bonchev–Trinajstić information content (AvgIpc) is 3.02. The summed E-state index contributed by atoms with van der Waals surface area (Å²) < 4.78 is 0. The second-order valence-corrected chi connectivity index (χ2v) is 6.77. The quantitative estimate of drug-likeness (QED) is 0.788. The molecule has 19 heavy (non-hydrogen) atoms. The minimum atomic E-state index is -0.00761. The van der Waals surface area contributed by atoms with Gasteiger partial charge in [0.15, 0.2) is 0 Å². The Kier molecular flexibility index (Phi) is 4.13. The lowest BCUT2D eigenvalue weighted by Crippen LogP contribution is -2.47. The van der Waals surface area contributed by atoms with Gasteiger partial charge in [0.05, 0.1) is 6.61 Å². The van der Waals surface area contributed by atoms with Gasteiger partial charge < -0.3 is 10.4 Å². The average molecular weight is 267 g/mol. The van der Waals surface area contributed by atoms with Crippen molar-refractivity contribution in [3.05, 3.63) is 0 Å². The molecule has 0 bridgehead atoms. The number of hydrogen-bond acceptors (Lipinski definition) is 4. The van der Waals surface area contributed by atoms with Gasteiger partial charge in [-0.1, -0.05) is 0 Å². The molecule has 0 aromatic carbocycles. The first-order valence-corrected chi connectivity index (χ1v) is 8.04. The Labute approximate surface area is 117 Å². The fourth-order valence-electron chi connectivity index (χ4n) is 4.43. The summed E-state index contributed by atoms with van der Waals surface area (Å²) in [7, 11) is 2.00. The molecular weight excluding hydrogens is 238 g/mol. The smallest absolute Gasteiger partial charge is 0.0613 e. The molecule has 0 aromatic rings. The van der Waals surface area contributed by atoms with Gasteiger partial charge in [0, 0.05) is 24.2 Å². The summed E-state index contributed by atoms with van der Waals surface area (Å²) in [6.45, 7) is 5.41. The molecule has 3 atom stereocenters. The van der Waals surface area contributed by atoms with Gasteiger partial charge in [-0.25, -0.2) is 0 Å². The van der Waals surface area contributed by atoms with Gasteiger partial charge in [-0.15, -0.1) is 0 Å². The summed E-state index contributed by atoms with van der Waals surface area (Å²) in [4.78, 5) is 5.43. The molecule has 0 spiro atoms. The van der Waals surface area contributed by atoms with Crippen LogP contribution in [0.2, 0.25) is 0 Å². The van der Waals surface area contributed by atoms with Crippen molar-refractivity contribution in [3.63, 3.8) is 0 Å². The number of fused-ring (bicyclic) bond motifs is 1. The molecule has 0 amide bonds. The minimum absolute atomic E-state index is 0.00761. The molecule has 3 fully saturated rings. The minimum Gasteiger partial charge on any atom is -0.394 e. The molecule has 3 unspecified atom stereocenters. The van der Waals surface area contributed by atoms with Crippen molar-refractivity contribution in [1.29, 1.82) is 0 Å². The van der Waals surface area contributed by atoms with E-state index in [0.29, 0.717) is 6.04 Å². The van der Waals surface area contributed by atoms with Crippen LogP contribution < -0.4 is 5.32 Å². The molecule has 1 saturated carbocycles. The Bertz CT molecular complexity index is 306. The molecular formula is C15H29N3O. The Morgan fingerprint density at radius 1 is 1.11 bits per heavy atom. The summed E-state index contributed by atoms with van der Waals surface area (Å²) >= 11 is 0.